The van der Waals surface area contributed by atoms with E-state index in [1.807, 2.05) is 43.1 Å². The zero-order chi connectivity index (χ0) is 43.3. The van der Waals surface area contributed by atoms with E-state index in [0.29, 0.717) is 36.9 Å². The van der Waals surface area contributed by atoms with Crippen molar-refractivity contribution in [2.24, 2.45) is 0 Å². The largest absolute Gasteiger partial charge is 0.423 e. The molecule has 0 aliphatic carbocycles. The van der Waals surface area contributed by atoms with Gasteiger partial charge in [-0.2, -0.15) is 21.4 Å². The number of benzene rings is 3. The number of allylic oxidation sites excluding steroid dienone is 6. The number of nitrogens with zero attached hydrogens (tertiary/aromatic N) is 2. The minimum atomic E-state index is -4.54. The summed E-state index contributed by atoms with van der Waals surface area (Å²) in [5, 5.41) is 0.502. The molecular weight excluding hydrogens is 832 g/mol. The molecule has 0 bridgehead atoms. The number of hydrogen-bond donors (Lipinski definition) is 2. The van der Waals surface area contributed by atoms with Crippen LogP contribution in [-0.2, 0) is 35.9 Å². The molecule has 0 radical (unpaired) electrons. The molecule has 0 aromatic heterocycles. The van der Waals surface area contributed by atoms with Crippen LogP contribution in [0.2, 0.25) is 10.0 Å². The summed E-state index contributed by atoms with van der Waals surface area (Å²) in [7, 11) is -8.78. The first-order chi connectivity index (χ1) is 27.7. The molecular formula is C45H55Cl2N2O8S2+. The van der Waals surface area contributed by atoms with E-state index in [1.54, 1.807) is 18.2 Å². The van der Waals surface area contributed by atoms with Crippen molar-refractivity contribution < 1.29 is 40.0 Å². The standard InChI is InChI=1S/C45H54Cl2N2O8S2/c1-7-8-24-48-38-21-19-31(2)27-34(38)44(4,5)40(48)16-11-9-12-17-41-45(6,23-14-10-13-18-42(50)57-43-36(46)28-32(3)29-37(43)47)35-30-33(59(54,55)56)20-22-39(35)49(41)25-15-26-58(51,52)53/h9,11-12,16-17,19-22,27-30H,7-8,10,13-15,18,23-26H2,1-6H3,(H-,51,52,53,54,55,56)/p+1. The summed E-state index contributed by atoms with van der Waals surface area (Å²) in [5.74, 6) is -0.798. The Morgan fingerprint density at radius 1 is 0.847 bits per heavy atom. The molecule has 1 atom stereocenters. The Bertz CT molecular complexity index is 2420. The second kappa shape index (κ2) is 18.9. The number of carbonyl (C=O) groups excluding carboxylic acids is 1. The molecule has 59 heavy (non-hydrogen) atoms. The van der Waals surface area contributed by atoms with Crippen molar-refractivity contribution in [3.8, 4) is 5.75 Å². The van der Waals surface area contributed by atoms with Gasteiger partial charge in [-0.15, -0.1) is 0 Å². The zero-order valence-corrected chi connectivity index (χ0v) is 37.7. The van der Waals surface area contributed by atoms with Crippen molar-refractivity contribution >= 4 is 66.5 Å². The minimum absolute atomic E-state index is 0.105. The predicted octanol–water partition coefficient (Wildman–Crippen LogP) is 10.6. The fourth-order valence-corrected chi connectivity index (χ4v) is 9.85. The molecule has 2 aliphatic rings. The van der Waals surface area contributed by atoms with E-state index < -0.39 is 37.4 Å². The van der Waals surface area contributed by atoms with E-state index >= 15 is 0 Å². The summed E-state index contributed by atoms with van der Waals surface area (Å²) in [4.78, 5) is 14.5. The Kier molecular flexibility index (Phi) is 14.8. The van der Waals surface area contributed by atoms with Crippen molar-refractivity contribution in [1.82, 2.24) is 0 Å². The van der Waals surface area contributed by atoms with E-state index in [0.717, 1.165) is 30.6 Å². The molecule has 14 heteroatoms. The van der Waals surface area contributed by atoms with Gasteiger partial charge in [-0.3, -0.25) is 13.9 Å². The number of unbranched alkanes of at least 4 members (excludes halogenated alkanes) is 3. The van der Waals surface area contributed by atoms with Gasteiger partial charge in [0.1, 0.15) is 6.54 Å². The Morgan fingerprint density at radius 3 is 2.22 bits per heavy atom. The number of anilines is 1. The Balaban J connectivity index is 1.43. The van der Waals surface area contributed by atoms with Crippen molar-refractivity contribution in [3.63, 3.8) is 0 Å². The van der Waals surface area contributed by atoms with Crippen LogP contribution in [0.1, 0.15) is 101 Å². The third-order valence-electron chi connectivity index (χ3n) is 11.2. The van der Waals surface area contributed by atoms with Gasteiger partial charge in [0.2, 0.25) is 5.69 Å². The third-order valence-corrected chi connectivity index (χ3v) is 13.4. The molecule has 0 spiro atoms. The number of carbonyl (C=O) groups is 1. The maximum Gasteiger partial charge on any atom is 0.311 e. The van der Waals surface area contributed by atoms with Crippen LogP contribution in [0, 0.1) is 13.8 Å². The highest BCUT2D eigenvalue weighted by Crippen LogP contribution is 2.51. The molecule has 3 aromatic carbocycles. The molecule has 10 nitrogen and oxygen atoms in total. The first-order valence-electron chi connectivity index (χ1n) is 20.0. The lowest BCUT2D eigenvalue weighted by atomic mass is 9.77. The van der Waals surface area contributed by atoms with E-state index in [2.05, 4.69) is 56.5 Å². The molecule has 5 rings (SSSR count). The average Bonchev–Trinajstić information content (AvgIpc) is 3.49. The highest BCUT2D eigenvalue weighted by molar-refractivity contribution is 7.86. The second-order valence-corrected chi connectivity index (χ2v) is 20.0. The van der Waals surface area contributed by atoms with Crippen LogP contribution in [0.5, 0.6) is 5.75 Å². The number of ether oxygens (including phenoxy) is 1. The smallest absolute Gasteiger partial charge is 0.311 e. The minimum Gasteiger partial charge on any atom is -0.423 e. The van der Waals surface area contributed by atoms with Gasteiger partial charge >= 0.3 is 5.97 Å². The van der Waals surface area contributed by atoms with E-state index in [4.69, 9.17) is 27.9 Å². The molecule has 0 saturated heterocycles. The SMILES string of the molecule is CCCC[N+]1=C(/C=C/C=C/C=C2\N(CCCS(=O)(=O)O)c3ccc(S(=O)(=O)O)cc3C2(C)CCCCCC(=O)Oc2c(Cl)cc(C)cc2Cl)C(C)(C)c2cc(C)ccc21. The normalized spacial score (nSPS) is 18.4. The topological polar surface area (TPSA) is 141 Å². The Morgan fingerprint density at radius 2 is 1.56 bits per heavy atom. The molecule has 0 amide bonds. The van der Waals surface area contributed by atoms with Gasteiger partial charge in [-0.1, -0.05) is 79.2 Å². The molecule has 1 unspecified atom stereocenters. The second-order valence-electron chi connectivity index (χ2n) is 16.2. The molecule has 2 aliphatic heterocycles. The summed E-state index contributed by atoms with van der Waals surface area (Å²) in [6.07, 6.45) is 14.6. The van der Waals surface area contributed by atoms with Crippen LogP contribution >= 0.6 is 23.2 Å². The summed E-state index contributed by atoms with van der Waals surface area (Å²) in [6, 6.07) is 14.4. The number of halogens is 2. The first kappa shape index (κ1) is 46.3. The number of rotatable bonds is 18. The first-order valence-corrected chi connectivity index (χ1v) is 23.8. The Labute approximate surface area is 359 Å². The van der Waals surface area contributed by atoms with Crippen molar-refractivity contribution in [3.05, 3.63) is 117 Å². The van der Waals surface area contributed by atoms with E-state index in [9.17, 15) is 30.7 Å². The van der Waals surface area contributed by atoms with Crippen molar-refractivity contribution in [2.75, 3.05) is 23.7 Å². The van der Waals surface area contributed by atoms with Crippen LogP contribution in [-0.4, -0.2) is 61.0 Å². The lowest BCUT2D eigenvalue weighted by Crippen LogP contribution is -2.30. The lowest BCUT2D eigenvalue weighted by Gasteiger charge is -2.30. The fourth-order valence-electron chi connectivity index (χ4n) is 8.18. The van der Waals surface area contributed by atoms with Gasteiger partial charge < -0.3 is 9.64 Å². The van der Waals surface area contributed by atoms with E-state index in [1.165, 1.54) is 34.7 Å². The highest BCUT2D eigenvalue weighted by Gasteiger charge is 2.45. The maximum atomic E-state index is 12.8. The molecule has 2 N–H and O–H groups in total. The van der Waals surface area contributed by atoms with Crippen molar-refractivity contribution in [2.45, 2.75) is 109 Å². The molecule has 318 valence electrons. The van der Waals surface area contributed by atoms with Gasteiger partial charge in [0.25, 0.3) is 20.2 Å². The predicted molar refractivity (Wildman–Crippen MR) is 237 cm³/mol. The maximum absolute atomic E-state index is 12.8. The fraction of sp³-hybridized carbons (Fsp3) is 0.422. The lowest BCUT2D eigenvalue weighted by molar-refractivity contribution is -0.438. The number of aryl methyl sites for hydroxylation is 2. The summed E-state index contributed by atoms with van der Waals surface area (Å²) >= 11 is 12.5. The van der Waals surface area contributed by atoms with Crippen LogP contribution in [0.3, 0.4) is 0 Å². The van der Waals surface area contributed by atoms with Crippen LogP contribution in [0.4, 0.5) is 11.4 Å². The monoisotopic (exact) mass is 885 g/mol. The molecule has 2 heterocycles. The summed E-state index contributed by atoms with van der Waals surface area (Å²) in [6.45, 7) is 13.7. The number of fused-ring (bicyclic) bond motifs is 2. The summed E-state index contributed by atoms with van der Waals surface area (Å²) in [5.41, 5.74) is 6.88. The number of esters is 1. The van der Waals surface area contributed by atoms with Crippen molar-refractivity contribution in [1.29, 1.82) is 0 Å². The molecule has 0 fully saturated rings. The van der Waals surface area contributed by atoms with E-state index in [-0.39, 0.29) is 45.5 Å². The third kappa shape index (κ3) is 10.9. The zero-order valence-electron chi connectivity index (χ0n) is 34.6. The number of hydrogen-bond acceptors (Lipinski definition) is 7. The van der Waals surface area contributed by atoms with Gasteiger partial charge in [0.15, 0.2) is 11.5 Å². The molecule has 0 saturated carbocycles. The quantitative estimate of drug-likeness (QED) is 0.0319. The van der Waals surface area contributed by atoms with Crippen LogP contribution < -0.4 is 9.64 Å². The van der Waals surface area contributed by atoms with Crippen LogP contribution in [0.15, 0.2) is 89.5 Å². The van der Waals surface area contributed by atoms with Crippen LogP contribution in [0.25, 0.3) is 0 Å². The molecule has 3 aromatic rings. The van der Waals surface area contributed by atoms with Gasteiger partial charge in [-0.05, 0) is 107 Å². The summed E-state index contributed by atoms with van der Waals surface area (Å²) < 4.78 is 75.7. The highest BCUT2D eigenvalue weighted by atomic mass is 35.5. The average molecular weight is 887 g/mol. The van der Waals surface area contributed by atoms with Gasteiger partial charge in [0.05, 0.1) is 26.1 Å². The van der Waals surface area contributed by atoms with Gasteiger partial charge in [0, 0.05) is 53.9 Å². The Hall–Kier alpha value is -3.78. The van der Waals surface area contributed by atoms with Gasteiger partial charge in [-0.25, -0.2) is 0 Å².